The molecule has 0 bridgehead atoms. The molecule has 0 aliphatic carbocycles. The van der Waals surface area contributed by atoms with Crippen LogP contribution in [0, 0.1) is 5.82 Å². The second kappa shape index (κ2) is 12.3. The van der Waals surface area contributed by atoms with Crippen molar-refractivity contribution in [3.8, 4) is 17.1 Å². The zero-order chi connectivity index (χ0) is 28.1. The van der Waals surface area contributed by atoms with E-state index in [-0.39, 0.29) is 12.4 Å². The van der Waals surface area contributed by atoms with E-state index in [1.54, 1.807) is 42.5 Å². The summed E-state index contributed by atoms with van der Waals surface area (Å²) >= 11 is 6.47. The Labute approximate surface area is 236 Å². The summed E-state index contributed by atoms with van der Waals surface area (Å²) < 4.78 is 47.7. The molecule has 11 heteroatoms. The standard InChI is InChI=1S/C29H24ClFN4O4S/c1-2-32-25(16-40(36)37)28-11-10-26(39-28)19-6-8-24-22(13-19)29(34-17-33-24)35-21-7-9-27(23(30)14-21)38-15-18-4-3-5-20(31)12-18/h3-14,16-17,25,32H,2,15H2,1H3,(H,33,34,35). The molecule has 0 amide bonds. The van der Waals surface area contributed by atoms with Crippen LogP contribution in [0.1, 0.15) is 24.3 Å². The molecule has 0 fully saturated rings. The highest BCUT2D eigenvalue weighted by atomic mass is 35.5. The monoisotopic (exact) mass is 578 g/mol. The fourth-order valence-electron chi connectivity index (χ4n) is 4.15. The molecular weight excluding hydrogens is 555 g/mol. The van der Waals surface area contributed by atoms with Crippen LogP contribution in [-0.4, -0.2) is 30.3 Å². The van der Waals surface area contributed by atoms with Crippen molar-refractivity contribution in [2.24, 2.45) is 0 Å². The zero-order valence-electron chi connectivity index (χ0n) is 21.3. The van der Waals surface area contributed by atoms with E-state index in [1.807, 2.05) is 25.1 Å². The molecule has 3 aromatic carbocycles. The maximum Gasteiger partial charge on any atom is 0.212 e. The van der Waals surface area contributed by atoms with Crippen LogP contribution in [0.2, 0.25) is 5.02 Å². The van der Waals surface area contributed by atoms with Gasteiger partial charge in [0.05, 0.1) is 21.9 Å². The van der Waals surface area contributed by atoms with Gasteiger partial charge in [0.2, 0.25) is 10.3 Å². The quantitative estimate of drug-likeness (QED) is 0.185. The van der Waals surface area contributed by atoms with Crippen LogP contribution >= 0.6 is 11.6 Å². The molecule has 0 radical (unpaired) electrons. The molecule has 0 spiro atoms. The maximum atomic E-state index is 13.4. The molecule has 8 nitrogen and oxygen atoms in total. The number of nitrogens with one attached hydrogen (secondary N) is 2. The Bertz CT molecular complexity index is 1800. The van der Waals surface area contributed by atoms with Crippen molar-refractivity contribution in [3.05, 3.63) is 101 Å². The van der Waals surface area contributed by atoms with E-state index in [2.05, 4.69) is 20.6 Å². The lowest BCUT2D eigenvalue weighted by Gasteiger charge is -2.12. The highest BCUT2D eigenvalue weighted by molar-refractivity contribution is 7.71. The van der Waals surface area contributed by atoms with Crippen molar-refractivity contribution >= 4 is 49.7 Å². The lowest BCUT2D eigenvalue weighted by molar-refractivity contribution is 0.306. The summed E-state index contributed by atoms with van der Waals surface area (Å²) in [6.07, 6.45) is 1.47. The van der Waals surface area contributed by atoms with Crippen LogP contribution < -0.4 is 15.4 Å². The molecule has 0 saturated heterocycles. The Kier molecular flexibility index (Phi) is 8.40. The van der Waals surface area contributed by atoms with Crippen LogP contribution in [0.4, 0.5) is 15.9 Å². The number of nitrogens with zero attached hydrogens (tertiary/aromatic N) is 2. The lowest BCUT2D eigenvalue weighted by atomic mass is 10.1. The Hall–Kier alpha value is -4.25. The number of benzene rings is 3. The Morgan fingerprint density at radius 1 is 1.07 bits per heavy atom. The minimum Gasteiger partial charge on any atom is -0.487 e. The number of ether oxygens (including phenoxy) is 1. The molecule has 5 aromatic rings. The topological polar surface area (TPSA) is 106 Å². The first-order valence-electron chi connectivity index (χ1n) is 12.3. The van der Waals surface area contributed by atoms with Gasteiger partial charge < -0.3 is 19.8 Å². The normalized spacial score (nSPS) is 11.8. The molecule has 2 N–H and O–H groups in total. The van der Waals surface area contributed by atoms with Gasteiger partial charge in [0.15, 0.2) is 0 Å². The number of furan rings is 1. The summed E-state index contributed by atoms with van der Waals surface area (Å²) in [5, 5.41) is 8.65. The van der Waals surface area contributed by atoms with Gasteiger partial charge in [0.25, 0.3) is 0 Å². The van der Waals surface area contributed by atoms with Crippen molar-refractivity contribution in [3.63, 3.8) is 0 Å². The van der Waals surface area contributed by atoms with E-state index in [4.69, 9.17) is 20.8 Å². The third kappa shape index (κ3) is 6.48. The fraction of sp³-hybridized carbons (Fsp3) is 0.138. The minimum absolute atomic E-state index is 0.181. The number of hydrogen-bond acceptors (Lipinski definition) is 8. The summed E-state index contributed by atoms with van der Waals surface area (Å²) in [5.74, 6) is 1.76. The van der Waals surface area contributed by atoms with E-state index in [9.17, 15) is 12.8 Å². The van der Waals surface area contributed by atoms with Crippen LogP contribution in [-0.2, 0) is 16.9 Å². The van der Waals surface area contributed by atoms with E-state index in [0.717, 1.165) is 21.8 Å². The average Bonchev–Trinajstić information content (AvgIpc) is 3.43. The predicted molar refractivity (Wildman–Crippen MR) is 154 cm³/mol. The van der Waals surface area contributed by atoms with Crippen molar-refractivity contribution in [2.45, 2.75) is 19.6 Å². The van der Waals surface area contributed by atoms with Gasteiger partial charge in [-0.3, -0.25) is 0 Å². The SMILES string of the molecule is CCNC(C=S(=O)=O)c1ccc(-c2ccc3ncnc(Nc4ccc(OCc5cccc(F)c5)c(Cl)c4)c3c2)o1. The second-order valence-corrected chi connectivity index (χ2v) is 9.98. The van der Waals surface area contributed by atoms with Crippen molar-refractivity contribution in [1.29, 1.82) is 0 Å². The predicted octanol–water partition coefficient (Wildman–Crippen LogP) is 6.34. The first kappa shape index (κ1) is 27.3. The van der Waals surface area contributed by atoms with Crippen molar-refractivity contribution in [1.82, 2.24) is 15.3 Å². The largest absolute Gasteiger partial charge is 0.487 e. The first-order chi connectivity index (χ1) is 19.4. The summed E-state index contributed by atoms with van der Waals surface area (Å²) in [6, 6.07) is 20.1. The molecular formula is C29H24ClFN4O4S. The molecule has 1 atom stereocenters. The highest BCUT2D eigenvalue weighted by Crippen LogP contribution is 2.33. The van der Waals surface area contributed by atoms with E-state index in [0.29, 0.717) is 45.9 Å². The number of fused-ring (bicyclic) bond motifs is 1. The van der Waals surface area contributed by atoms with Gasteiger partial charge in [-0.15, -0.1) is 0 Å². The second-order valence-electron chi connectivity index (χ2n) is 8.78. The van der Waals surface area contributed by atoms with E-state index < -0.39 is 16.3 Å². The van der Waals surface area contributed by atoms with Crippen LogP contribution in [0.3, 0.4) is 0 Å². The zero-order valence-corrected chi connectivity index (χ0v) is 22.8. The van der Waals surface area contributed by atoms with Gasteiger partial charge in [-0.25, -0.2) is 14.4 Å². The molecule has 1 unspecified atom stereocenters. The number of rotatable bonds is 10. The van der Waals surface area contributed by atoms with Crippen LogP contribution in [0.15, 0.2) is 83.5 Å². The van der Waals surface area contributed by atoms with Crippen LogP contribution in [0.5, 0.6) is 5.75 Å². The Morgan fingerprint density at radius 2 is 1.95 bits per heavy atom. The van der Waals surface area contributed by atoms with Gasteiger partial charge >= 0.3 is 0 Å². The third-order valence-corrected chi connectivity index (χ3v) is 6.79. The molecule has 40 heavy (non-hydrogen) atoms. The van der Waals surface area contributed by atoms with Gasteiger partial charge in [-0.1, -0.05) is 30.7 Å². The van der Waals surface area contributed by atoms with Gasteiger partial charge in [0, 0.05) is 16.6 Å². The molecule has 2 heterocycles. The third-order valence-electron chi connectivity index (χ3n) is 6.00. The van der Waals surface area contributed by atoms with Crippen LogP contribution in [0.25, 0.3) is 22.2 Å². The molecule has 204 valence electrons. The number of aromatic nitrogens is 2. The molecule has 2 aromatic heterocycles. The Balaban J connectivity index is 1.38. The van der Waals surface area contributed by atoms with Crippen molar-refractivity contribution < 1.29 is 22.0 Å². The highest BCUT2D eigenvalue weighted by Gasteiger charge is 2.15. The smallest absolute Gasteiger partial charge is 0.212 e. The Morgan fingerprint density at radius 3 is 2.73 bits per heavy atom. The maximum absolute atomic E-state index is 13.4. The minimum atomic E-state index is -2.34. The molecule has 5 rings (SSSR count). The average molecular weight is 579 g/mol. The lowest BCUT2D eigenvalue weighted by Crippen LogP contribution is -2.21. The van der Waals surface area contributed by atoms with Gasteiger partial charge in [-0.05, 0) is 72.8 Å². The molecule has 0 aliphatic heterocycles. The summed E-state index contributed by atoms with van der Waals surface area (Å²) in [5.41, 5.74) is 2.87. The van der Waals surface area contributed by atoms with E-state index in [1.165, 1.54) is 18.5 Å². The van der Waals surface area contributed by atoms with Crippen molar-refractivity contribution in [2.75, 3.05) is 11.9 Å². The number of anilines is 2. The van der Waals surface area contributed by atoms with Gasteiger partial charge in [-0.2, -0.15) is 8.42 Å². The van der Waals surface area contributed by atoms with E-state index >= 15 is 0 Å². The first-order valence-corrected chi connectivity index (χ1v) is 13.9. The van der Waals surface area contributed by atoms with Gasteiger partial charge in [0.1, 0.15) is 41.8 Å². The fourth-order valence-corrected chi connectivity index (χ4v) is 4.84. The molecule has 0 saturated carbocycles. The number of halogens is 2. The summed E-state index contributed by atoms with van der Waals surface area (Å²) in [6.45, 7) is 2.64. The summed E-state index contributed by atoms with van der Waals surface area (Å²) in [4.78, 5) is 8.78. The summed E-state index contributed by atoms with van der Waals surface area (Å²) in [7, 11) is -2.34. The molecule has 0 aliphatic rings. The number of hydrogen-bond donors (Lipinski definition) is 2.